The molecule has 0 aromatic carbocycles. The van der Waals surface area contributed by atoms with Crippen LogP contribution in [-0.2, 0) is 18.3 Å². The summed E-state index contributed by atoms with van der Waals surface area (Å²) in [7, 11) is 1.90. The van der Waals surface area contributed by atoms with Crippen molar-refractivity contribution in [1.29, 1.82) is 0 Å². The first-order valence-corrected chi connectivity index (χ1v) is 9.54. The lowest BCUT2D eigenvalue weighted by Crippen LogP contribution is -2.14. The van der Waals surface area contributed by atoms with Crippen molar-refractivity contribution in [2.75, 3.05) is 11.1 Å². The van der Waals surface area contributed by atoms with Crippen LogP contribution in [0.25, 0.3) is 10.7 Å². The van der Waals surface area contributed by atoms with Gasteiger partial charge in [0.25, 0.3) is 0 Å². The molecule has 0 bridgehead atoms. The molecular weight excluding hydrogens is 352 g/mol. The highest BCUT2D eigenvalue weighted by Gasteiger charge is 2.14. The number of carbonyl (C=O) groups is 1. The van der Waals surface area contributed by atoms with Crippen molar-refractivity contribution in [2.45, 2.75) is 18.5 Å². The van der Waals surface area contributed by atoms with E-state index in [-0.39, 0.29) is 11.7 Å². The van der Waals surface area contributed by atoms with Crippen molar-refractivity contribution in [1.82, 2.24) is 25.0 Å². The van der Waals surface area contributed by atoms with Crippen LogP contribution in [0.5, 0.6) is 0 Å². The highest BCUT2D eigenvalue weighted by atomic mass is 32.2. The van der Waals surface area contributed by atoms with Gasteiger partial charge in [-0.1, -0.05) is 36.1 Å². The molecule has 3 heterocycles. The van der Waals surface area contributed by atoms with Crippen LogP contribution in [0.2, 0.25) is 0 Å². The number of aromatic nitrogens is 5. The van der Waals surface area contributed by atoms with E-state index < -0.39 is 0 Å². The first-order valence-electron chi connectivity index (χ1n) is 6.85. The maximum atomic E-state index is 12.0. The fraction of sp³-hybridized carbons (Fsp3) is 0.308. The molecule has 23 heavy (non-hydrogen) atoms. The third kappa shape index (κ3) is 3.77. The van der Waals surface area contributed by atoms with Gasteiger partial charge in [0.1, 0.15) is 5.01 Å². The van der Waals surface area contributed by atoms with Gasteiger partial charge in [0.15, 0.2) is 11.0 Å². The fourth-order valence-corrected chi connectivity index (χ4v) is 3.94. The molecule has 0 unspecified atom stereocenters. The lowest BCUT2D eigenvalue weighted by molar-refractivity contribution is -0.113. The summed E-state index contributed by atoms with van der Waals surface area (Å²) in [4.78, 5) is 13.0. The monoisotopic (exact) mass is 366 g/mol. The SMILES string of the molecule is CCc1nnc(NC(=O)CSc2nnc(-c3cccs3)n2C)s1. The summed E-state index contributed by atoms with van der Waals surface area (Å²) in [6, 6.07) is 3.97. The Morgan fingerprint density at radius 2 is 2.22 bits per heavy atom. The van der Waals surface area contributed by atoms with Crippen LogP contribution in [0.4, 0.5) is 5.13 Å². The molecule has 0 aliphatic rings. The molecule has 120 valence electrons. The Kier molecular flexibility index (Phi) is 5.03. The molecule has 3 aromatic rings. The molecule has 0 fully saturated rings. The summed E-state index contributed by atoms with van der Waals surface area (Å²) >= 11 is 4.35. The van der Waals surface area contributed by atoms with Crippen LogP contribution in [0.1, 0.15) is 11.9 Å². The molecule has 0 saturated carbocycles. The van der Waals surface area contributed by atoms with Crippen LogP contribution in [0.3, 0.4) is 0 Å². The van der Waals surface area contributed by atoms with Gasteiger partial charge >= 0.3 is 0 Å². The van der Waals surface area contributed by atoms with Crippen LogP contribution < -0.4 is 5.32 Å². The summed E-state index contributed by atoms with van der Waals surface area (Å²) in [5, 5.41) is 23.1. The van der Waals surface area contributed by atoms with Gasteiger partial charge < -0.3 is 4.57 Å². The Balaban J connectivity index is 1.59. The topological polar surface area (TPSA) is 85.6 Å². The molecule has 0 spiro atoms. The molecule has 0 radical (unpaired) electrons. The van der Waals surface area contributed by atoms with E-state index >= 15 is 0 Å². The van der Waals surface area contributed by atoms with E-state index in [9.17, 15) is 4.79 Å². The minimum atomic E-state index is -0.130. The maximum Gasteiger partial charge on any atom is 0.236 e. The number of rotatable bonds is 6. The van der Waals surface area contributed by atoms with E-state index in [1.165, 1.54) is 23.1 Å². The number of anilines is 1. The number of hydrogen-bond donors (Lipinski definition) is 1. The van der Waals surface area contributed by atoms with Crippen molar-refractivity contribution < 1.29 is 4.79 Å². The van der Waals surface area contributed by atoms with Crippen molar-refractivity contribution in [2.24, 2.45) is 7.05 Å². The van der Waals surface area contributed by atoms with E-state index in [1.807, 2.05) is 36.1 Å². The lowest BCUT2D eigenvalue weighted by Gasteiger charge is -2.02. The van der Waals surface area contributed by atoms with Gasteiger partial charge in [-0.3, -0.25) is 10.1 Å². The number of amides is 1. The third-order valence-corrected chi connectivity index (χ3v) is 5.79. The number of nitrogens with one attached hydrogen (secondary N) is 1. The summed E-state index contributed by atoms with van der Waals surface area (Å²) < 4.78 is 1.89. The Bertz CT molecular complexity index is 795. The quantitative estimate of drug-likeness (QED) is 0.675. The zero-order valence-corrected chi connectivity index (χ0v) is 15.0. The Morgan fingerprint density at radius 1 is 1.35 bits per heavy atom. The van der Waals surface area contributed by atoms with Crippen molar-refractivity contribution in [3.05, 3.63) is 22.5 Å². The summed E-state index contributed by atoms with van der Waals surface area (Å²) in [6.45, 7) is 2.00. The molecule has 0 aliphatic heterocycles. The predicted molar refractivity (Wildman–Crippen MR) is 93.0 cm³/mol. The van der Waals surface area contributed by atoms with Crippen LogP contribution >= 0.6 is 34.4 Å². The molecule has 0 atom stereocenters. The van der Waals surface area contributed by atoms with E-state index in [2.05, 4.69) is 25.7 Å². The van der Waals surface area contributed by atoms with Gasteiger partial charge in [-0.05, 0) is 17.9 Å². The van der Waals surface area contributed by atoms with E-state index in [0.717, 1.165) is 22.1 Å². The molecule has 0 saturated heterocycles. The third-order valence-electron chi connectivity index (χ3n) is 2.92. The number of hydrogen-bond acceptors (Lipinski definition) is 8. The standard InChI is InChI=1S/C13H14N6OS3/c1-3-10-15-17-12(23-10)14-9(20)7-22-13-18-16-11(19(13)2)8-5-4-6-21-8/h4-6H,3,7H2,1-2H3,(H,14,17,20). The van der Waals surface area contributed by atoms with Gasteiger partial charge in [-0.2, -0.15) is 0 Å². The van der Waals surface area contributed by atoms with Gasteiger partial charge in [-0.15, -0.1) is 31.7 Å². The molecule has 3 aromatic heterocycles. The average Bonchev–Trinajstić information content (AvgIpc) is 3.26. The second-order valence-corrected chi connectivity index (χ2v) is 7.49. The zero-order valence-electron chi connectivity index (χ0n) is 12.5. The van der Waals surface area contributed by atoms with Gasteiger partial charge in [0, 0.05) is 7.05 Å². The molecule has 1 amide bonds. The number of aryl methyl sites for hydroxylation is 1. The molecule has 7 nitrogen and oxygen atoms in total. The zero-order chi connectivity index (χ0) is 16.2. The second-order valence-electron chi connectivity index (χ2n) is 4.53. The van der Waals surface area contributed by atoms with Gasteiger partial charge in [0.05, 0.1) is 10.6 Å². The molecule has 10 heteroatoms. The Labute approximate surface area is 145 Å². The summed E-state index contributed by atoms with van der Waals surface area (Å²) in [5.74, 6) is 0.923. The first-order chi connectivity index (χ1) is 11.2. The van der Waals surface area contributed by atoms with Crippen LogP contribution in [-0.4, -0.2) is 36.6 Å². The first kappa shape index (κ1) is 16.1. The fourth-order valence-electron chi connectivity index (χ4n) is 1.79. The Hall–Kier alpha value is -1.78. The maximum absolute atomic E-state index is 12.0. The minimum absolute atomic E-state index is 0.130. The summed E-state index contributed by atoms with van der Waals surface area (Å²) in [6.07, 6.45) is 0.812. The van der Waals surface area contributed by atoms with E-state index in [1.54, 1.807) is 11.3 Å². The molecule has 1 N–H and O–H groups in total. The molecule has 0 aliphatic carbocycles. The highest BCUT2D eigenvalue weighted by Crippen LogP contribution is 2.26. The largest absolute Gasteiger partial charge is 0.304 e. The van der Waals surface area contributed by atoms with E-state index in [0.29, 0.717) is 10.3 Å². The number of carbonyl (C=O) groups excluding carboxylic acids is 1. The molecule has 3 rings (SSSR count). The Morgan fingerprint density at radius 3 is 2.91 bits per heavy atom. The molecular formula is C13H14N6OS3. The van der Waals surface area contributed by atoms with Crippen molar-refractivity contribution in [3.63, 3.8) is 0 Å². The van der Waals surface area contributed by atoms with Gasteiger partial charge in [-0.25, -0.2) is 0 Å². The number of thiophene rings is 1. The van der Waals surface area contributed by atoms with Crippen LogP contribution in [0, 0.1) is 0 Å². The van der Waals surface area contributed by atoms with Crippen molar-refractivity contribution >= 4 is 45.5 Å². The van der Waals surface area contributed by atoms with Gasteiger partial charge in [0.2, 0.25) is 11.0 Å². The second kappa shape index (κ2) is 7.20. The number of nitrogens with zero attached hydrogens (tertiary/aromatic N) is 5. The smallest absolute Gasteiger partial charge is 0.236 e. The normalized spacial score (nSPS) is 10.9. The highest BCUT2D eigenvalue weighted by molar-refractivity contribution is 7.99. The van der Waals surface area contributed by atoms with E-state index in [4.69, 9.17) is 0 Å². The summed E-state index contributed by atoms with van der Waals surface area (Å²) in [5.41, 5.74) is 0. The predicted octanol–water partition coefficient (Wildman–Crippen LogP) is 2.69. The van der Waals surface area contributed by atoms with Crippen molar-refractivity contribution in [3.8, 4) is 10.7 Å². The lowest BCUT2D eigenvalue weighted by atomic mass is 10.4. The van der Waals surface area contributed by atoms with Crippen LogP contribution in [0.15, 0.2) is 22.7 Å². The number of thioether (sulfide) groups is 1. The average molecular weight is 366 g/mol. The minimum Gasteiger partial charge on any atom is -0.304 e.